The van der Waals surface area contributed by atoms with Crippen LogP contribution in [0.5, 0.6) is 0 Å². The van der Waals surface area contributed by atoms with Gasteiger partial charge in [0.2, 0.25) is 17.7 Å². The van der Waals surface area contributed by atoms with Crippen LogP contribution in [-0.2, 0) is 19.1 Å². The molecule has 202 valence electrons. The van der Waals surface area contributed by atoms with Crippen molar-refractivity contribution in [2.45, 2.75) is 89.5 Å². The number of aliphatic hydroxyl groups excluding tert-OH is 1. The molecule has 3 amide bonds. The molecule has 3 rings (SSSR count). The van der Waals surface area contributed by atoms with Crippen molar-refractivity contribution < 1.29 is 24.2 Å². The Morgan fingerprint density at radius 2 is 1.83 bits per heavy atom. The van der Waals surface area contributed by atoms with Crippen LogP contribution in [0.15, 0.2) is 25.3 Å². The highest BCUT2D eigenvalue weighted by Gasteiger charge is 2.78. The Morgan fingerprint density at radius 1 is 1.17 bits per heavy atom. The molecule has 3 heterocycles. The Labute approximate surface area is 216 Å². The van der Waals surface area contributed by atoms with Crippen LogP contribution in [-0.4, -0.2) is 93.1 Å². The SMILES string of the molecule is C=CCN(CCC)C(=O)[C@@H]1[C@H]2C(=O)N(CCCCO)C(C(=O)N(CC=C)C(C)(C)C)C23CC[C@@]1(C)O3. The molecule has 3 aliphatic heterocycles. The van der Waals surface area contributed by atoms with E-state index in [0.717, 1.165) is 6.42 Å². The monoisotopic (exact) mass is 503 g/mol. The lowest BCUT2D eigenvalue weighted by molar-refractivity contribution is -0.156. The van der Waals surface area contributed by atoms with Crippen molar-refractivity contribution in [2.24, 2.45) is 11.8 Å². The van der Waals surface area contributed by atoms with Crippen LogP contribution < -0.4 is 0 Å². The van der Waals surface area contributed by atoms with E-state index in [0.29, 0.717) is 51.9 Å². The standard InChI is InChI=1S/C28H45N3O5/c1-8-15-29(16-9-2)23(33)20-21-24(34)30(18-11-12-19-32)22(28(21)14-13-27(20,7)36-28)25(35)31(17-10-3)26(4,5)6/h8,10,20-22,32H,1,3,9,11-19H2,2,4-7H3/t20-,21-,22?,27+,28?/m0/s1. The zero-order chi connectivity index (χ0) is 26.9. The smallest absolute Gasteiger partial charge is 0.249 e. The molecule has 3 saturated heterocycles. The van der Waals surface area contributed by atoms with E-state index in [9.17, 15) is 19.5 Å². The van der Waals surface area contributed by atoms with Crippen LogP contribution in [0.1, 0.15) is 66.7 Å². The molecule has 0 aromatic rings. The average molecular weight is 504 g/mol. The van der Waals surface area contributed by atoms with E-state index in [4.69, 9.17) is 4.74 Å². The summed E-state index contributed by atoms with van der Waals surface area (Å²) in [5.74, 6) is -1.81. The van der Waals surface area contributed by atoms with Gasteiger partial charge >= 0.3 is 0 Å². The molecular weight excluding hydrogens is 458 g/mol. The van der Waals surface area contributed by atoms with Gasteiger partial charge in [0, 0.05) is 38.3 Å². The molecule has 3 aliphatic rings. The van der Waals surface area contributed by atoms with Gasteiger partial charge in [0.05, 0.1) is 17.4 Å². The number of carbonyl (C=O) groups excluding carboxylic acids is 3. The first-order valence-corrected chi connectivity index (χ1v) is 13.4. The molecule has 0 aromatic heterocycles. The Morgan fingerprint density at radius 3 is 2.39 bits per heavy atom. The zero-order valence-corrected chi connectivity index (χ0v) is 22.8. The van der Waals surface area contributed by atoms with Crippen molar-refractivity contribution in [2.75, 3.05) is 32.8 Å². The maximum absolute atomic E-state index is 14.3. The van der Waals surface area contributed by atoms with Crippen molar-refractivity contribution >= 4 is 17.7 Å². The average Bonchev–Trinajstić information content (AvgIpc) is 3.37. The Balaban J connectivity index is 2.09. The second-order valence-corrected chi connectivity index (χ2v) is 11.7. The van der Waals surface area contributed by atoms with E-state index in [-0.39, 0.29) is 24.3 Å². The van der Waals surface area contributed by atoms with Crippen LogP contribution >= 0.6 is 0 Å². The number of likely N-dealkylation sites (tertiary alicyclic amines) is 1. The summed E-state index contributed by atoms with van der Waals surface area (Å²) in [5.41, 5.74) is -2.33. The molecule has 0 saturated carbocycles. The van der Waals surface area contributed by atoms with Crippen LogP contribution in [0.3, 0.4) is 0 Å². The lowest BCUT2D eigenvalue weighted by Gasteiger charge is -2.42. The van der Waals surface area contributed by atoms with Gasteiger partial charge in [-0.2, -0.15) is 0 Å². The fourth-order valence-electron chi connectivity index (χ4n) is 6.60. The summed E-state index contributed by atoms with van der Waals surface area (Å²) in [5, 5.41) is 9.35. The second-order valence-electron chi connectivity index (χ2n) is 11.7. The van der Waals surface area contributed by atoms with Gasteiger partial charge in [-0.3, -0.25) is 14.4 Å². The van der Waals surface area contributed by atoms with Crippen molar-refractivity contribution in [3.8, 4) is 0 Å². The summed E-state index contributed by atoms with van der Waals surface area (Å²) in [4.78, 5) is 47.5. The zero-order valence-electron chi connectivity index (χ0n) is 22.8. The third kappa shape index (κ3) is 4.62. The minimum Gasteiger partial charge on any atom is -0.396 e. The summed E-state index contributed by atoms with van der Waals surface area (Å²) in [6, 6.07) is -0.813. The summed E-state index contributed by atoms with van der Waals surface area (Å²) in [6.45, 7) is 19.2. The van der Waals surface area contributed by atoms with E-state index >= 15 is 0 Å². The van der Waals surface area contributed by atoms with Crippen molar-refractivity contribution in [1.29, 1.82) is 0 Å². The van der Waals surface area contributed by atoms with Crippen LogP contribution in [0, 0.1) is 11.8 Å². The van der Waals surface area contributed by atoms with E-state index in [1.54, 1.807) is 26.9 Å². The number of nitrogens with zero attached hydrogens (tertiary/aromatic N) is 3. The molecule has 0 radical (unpaired) electrons. The van der Waals surface area contributed by atoms with E-state index in [1.807, 2.05) is 34.6 Å². The first-order valence-electron chi connectivity index (χ1n) is 13.4. The summed E-state index contributed by atoms with van der Waals surface area (Å²) < 4.78 is 6.73. The predicted molar refractivity (Wildman–Crippen MR) is 139 cm³/mol. The molecule has 0 aliphatic carbocycles. The fraction of sp³-hybridized carbons (Fsp3) is 0.750. The third-order valence-corrected chi connectivity index (χ3v) is 8.13. The van der Waals surface area contributed by atoms with E-state index in [1.165, 1.54) is 0 Å². The van der Waals surface area contributed by atoms with E-state index < -0.39 is 34.6 Å². The van der Waals surface area contributed by atoms with Gasteiger partial charge in [-0.15, -0.1) is 13.2 Å². The quantitative estimate of drug-likeness (QED) is 0.327. The Bertz CT molecular complexity index is 883. The number of carbonyl (C=O) groups is 3. The Kier molecular flexibility index (Phi) is 8.40. The maximum atomic E-state index is 14.3. The number of hydrogen-bond acceptors (Lipinski definition) is 5. The van der Waals surface area contributed by atoms with Crippen LogP contribution in [0.25, 0.3) is 0 Å². The molecule has 0 aromatic carbocycles. The molecule has 3 fully saturated rings. The van der Waals surface area contributed by atoms with Gasteiger partial charge in [0.1, 0.15) is 11.6 Å². The van der Waals surface area contributed by atoms with Gasteiger partial charge in [0.25, 0.3) is 0 Å². The van der Waals surface area contributed by atoms with Crippen LogP contribution in [0.4, 0.5) is 0 Å². The molecular formula is C28H45N3O5. The summed E-state index contributed by atoms with van der Waals surface area (Å²) in [6.07, 6.45) is 6.47. The largest absolute Gasteiger partial charge is 0.396 e. The maximum Gasteiger partial charge on any atom is 0.249 e. The minimum absolute atomic E-state index is 0.0169. The normalized spacial score (nSPS) is 30.9. The van der Waals surface area contributed by atoms with Gasteiger partial charge in [-0.05, 0) is 59.8 Å². The molecule has 1 N–H and O–H groups in total. The van der Waals surface area contributed by atoms with Gasteiger partial charge < -0.3 is 24.5 Å². The van der Waals surface area contributed by atoms with Crippen molar-refractivity contribution in [3.63, 3.8) is 0 Å². The molecule has 8 nitrogen and oxygen atoms in total. The fourth-order valence-corrected chi connectivity index (χ4v) is 6.60. The Hall–Kier alpha value is -2.19. The topological polar surface area (TPSA) is 90.4 Å². The lowest BCUT2D eigenvalue weighted by Crippen LogP contribution is -2.60. The number of fused-ring (bicyclic) bond motifs is 1. The van der Waals surface area contributed by atoms with Gasteiger partial charge in [0.15, 0.2) is 0 Å². The third-order valence-electron chi connectivity index (χ3n) is 8.13. The molecule has 36 heavy (non-hydrogen) atoms. The number of ether oxygens (including phenoxy) is 1. The van der Waals surface area contributed by atoms with Gasteiger partial charge in [-0.25, -0.2) is 0 Å². The number of aliphatic hydroxyl groups is 1. The molecule has 5 atom stereocenters. The predicted octanol–water partition coefficient (Wildman–Crippen LogP) is 2.76. The van der Waals surface area contributed by atoms with Crippen LogP contribution in [0.2, 0.25) is 0 Å². The number of unbranched alkanes of at least 4 members (excludes halogenated alkanes) is 1. The van der Waals surface area contributed by atoms with Crippen molar-refractivity contribution in [1.82, 2.24) is 14.7 Å². The van der Waals surface area contributed by atoms with Gasteiger partial charge in [-0.1, -0.05) is 19.1 Å². The highest BCUT2D eigenvalue weighted by atomic mass is 16.5. The first-order chi connectivity index (χ1) is 16.9. The first kappa shape index (κ1) is 28.4. The molecule has 2 unspecified atom stereocenters. The summed E-state index contributed by atoms with van der Waals surface area (Å²) in [7, 11) is 0. The summed E-state index contributed by atoms with van der Waals surface area (Å²) >= 11 is 0. The molecule has 2 bridgehead atoms. The second kappa shape index (κ2) is 10.7. The highest BCUT2D eigenvalue weighted by Crippen LogP contribution is 2.63. The molecule has 8 heteroatoms. The highest BCUT2D eigenvalue weighted by molar-refractivity contribution is 5.99. The number of rotatable bonds is 12. The van der Waals surface area contributed by atoms with Crippen molar-refractivity contribution in [3.05, 3.63) is 25.3 Å². The molecule has 1 spiro atoms. The minimum atomic E-state index is -1.04. The van der Waals surface area contributed by atoms with E-state index in [2.05, 4.69) is 13.2 Å². The number of amides is 3. The number of hydrogen-bond donors (Lipinski definition) is 1. The lowest BCUT2D eigenvalue weighted by atomic mass is 9.66.